The summed E-state index contributed by atoms with van der Waals surface area (Å²) in [4.78, 5) is 23.9. The molecule has 2 unspecified atom stereocenters. The molecule has 2 aliphatic heterocycles. The molecule has 1 aliphatic carbocycles. The highest BCUT2D eigenvalue weighted by Gasteiger charge is 2.44. The van der Waals surface area contributed by atoms with Crippen molar-refractivity contribution in [1.29, 1.82) is 0 Å². The Labute approximate surface area is 172 Å². The molecule has 1 amide bonds. The van der Waals surface area contributed by atoms with Crippen molar-refractivity contribution in [3.63, 3.8) is 0 Å². The smallest absolute Gasteiger partial charge is 0.230 e. The van der Waals surface area contributed by atoms with Crippen molar-refractivity contribution in [1.82, 2.24) is 20.0 Å². The Morgan fingerprint density at radius 1 is 1.03 bits per heavy atom. The normalized spacial score (nSPS) is 27.3. The minimum absolute atomic E-state index is 0.262. The number of nitrogens with zero attached hydrogens (tertiary/aromatic N) is 4. The highest BCUT2D eigenvalue weighted by atomic mass is 16.5. The van der Waals surface area contributed by atoms with E-state index in [2.05, 4.69) is 20.0 Å². The highest BCUT2D eigenvalue weighted by Crippen LogP contribution is 2.43. The second-order valence-corrected chi connectivity index (χ2v) is 9.09. The standard InChI is InChI=1S/C23H30N4O2/c28-21(9-6-16-4-2-1-3-5-16)27-19-7-8-20(27)15-18(14-19)23-25-22(26-29-23)17-10-12-24-13-11-17/h10-13,16,18-20H,1-9,14-15H2. The van der Waals surface area contributed by atoms with Gasteiger partial charge < -0.3 is 9.42 Å². The predicted molar refractivity (Wildman–Crippen MR) is 109 cm³/mol. The summed E-state index contributed by atoms with van der Waals surface area (Å²) in [6.07, 6.45) is 16.1. The summed E-state index contributed by atoms with van der Waals surface area (Å²) in [6, 6.07) is 4.47. The van der Waals surface area contributed by atoms with Crippen molar-refractivity contribution in [3.8, 4) is 11.4 Å². The number of pyridine rings is 1. The first-order chi connectivity index (χ1) is 14.3. The molecule has 3 aliphatic rings. The zero-order valence-electron chi connectivity index (χ0n) is 17.0. The van der Waals surface area contributed by atoms with Gasteiger partial charge in [-0.3, -0.25) is 9.78 Å². The number of aromatic nitrogens is 3. The van der Waals surface area contributed by atoms with Crippen LogP contribution in [0.2, 0.25) is 0 Å². The summed E-state index contributed by atoms with van der Waals surface area (Å²) in [5, 5.41) is 4.17. The van der Waals surface area contributed by atoms with Gasteiger partial charge in [-0.2, -0.15) is 4.98 Å². The Morgan fingerprint density at radius 3 is 2.48 bits per heavy atom. The van der Waals surface area contributed by atoms with Gasteiger partial charge in [-0.1, -0.05) is 37.3 Å². The van der Waals surface area contributed by atoms with Crippen LogP contribution < -0.4 is 0 Å². The van der Waals surface area contributed by atoms with Gasteiger partial charge >= 0.3 is 0 Å². The van der Waals surface area contributed by atoms with Gasteiger partial charge in [-0.05, 0) is 50.2 Å². The van der Waals surface area contributed by atoms with Crippen molar-refractivity contribution in [2.75, 3.05) is 0 Å². The van der Waals surface area contributed by atoms with Gasteiger partial charge in [0.25, 0.3) is 0 Å². The molecule has 2 atom stereocenters. The van der Waals surface area contributed by atoms with Crippen LogP contribution >= 0.6 is 0 Å². The van der Waals surface area contributed by atoms with E-state index < -0.39 is 0 Å². The van der Waals surface area contributed by atoms with Gasteiger partial charge in [0, 0.05) is 42.4 Å². The van der Waals surface area contributed by atoms with Crippen molar-refractivity contribution < 1.29 is 9.32 Å². The van der Waals surface area contributed by atoms with E-state index in [1.165, 1.54) is 32.1 Å². The van der Waals surface area contributed by atoms with Crippen molar-refractivity contribution in [2.45, 2.75) is 88.6 Å². The molecule has 2 aromatic heterocycles. The number of hydrogen-bond donors (Lipinski definition) is 0. The second-order valence-electron chi connectivity index (χ2n) is 9.09. The Bertz CT molecular complexity index is 816. The minimum Gasteiger partial charge on any atom is -0.339 e. The summed E-state index contributed by atoms with van der Waals surface area (Å²) in [5.41, 5.74) is 0.924. The minimum atomic E-state index is 0.262. The number of hydrogen-bond acceptors (Lipinski definition) is 5. The van der Waals surface area contributed by atoms with E-state index in [0.29, 0.717) is 23.8 Å². The van der Waals surface area contributed by atoms with E-state index >= 15 is 0 Å². The molecule has 6 heteroatoms. The maximum Gasteiger partial charge on any atom is 0.230 e. The Kier molecular flexibility index (Phi) is 5.34. The van der Waals surface area contributed by atoms with E-state index in [1.807, 2.05) is 12.1 Å². The fraction of sp³-hybridized carbons (Fsp3) is 0.652. The fourth-order valence-electron chi connectivity index (χ4n) is 5.74. The Balaban J connectivity index is 1.21. The lowest BCUT2D eigenvalue weighted by atomic mass is 9.85. The first-order valence-corrected chi connectivity index (χ1v) is 11.3. The zero-order chi connectivity index (χ0) is 19.6. The van der Waals surface area contributed by atoms with Crippen LogP contribution in [0.4, 0.5) is 0 Å². The molecule has 0 N–H and O–H groups in total. The number of amides is 1. The van der Waals surface area contributed by atoms with Crippen LogP contribution in [0.25, 0.3) is 11.4 Å². The Morgan fingerprint density at radius 2 is 1.76 bits per heavy atom. The highest BCUT2D eigenvalue weighted by molar-refractivity contribution is 5.77. The summed E-state index contributed by atoms with van der Waals surface area (Å²) >= 11 is 0. The average molecular weight is 395 g/mol. The third-order valence-electron chi connectivity index (χ3n) is 7.24. The van der Waals surface area contributed by atoms with Gasteiger partial charge in [0.15, 0.2) is 0 Å². The van der Waals surface area contributed by atoms with Gasteiger partial charge in [0.1, 0.15) is 0 Å². The molecule has 29 heavy (non-hydrogen) atoms. The van der Waals surface area contributed by atoms with Crippen LogP contribution in [0.1, 0.15) is 82.4 Å². The first-order valence-electron chi connectivity index (χ1n) is 11.3. The van der Waals surface area contributed by atoms with Crippen LogP contribution in [0.5, 0.6) is 0 Å². The van der Waals surface area contributed by atoms with Crippen molar-refractivity contribution in [3.05, 3.63) is 30.4 Å². The lowest BCUT2D eigenvalue weighted by Crippen LogP contribution is -2.46. The molecule has 4 heterocycles. The molecular formula is C23H30N4O2. The van der Waals surface area contributed by atoms with Gasteiger partial charge in [-0.15, -0.1) is 0 Å². The summed E-state index contributed by atoms with van der Waals surface area (Å²) in [6.45, 7) is 0. The number of fused-ring (bicyclic) bond motifs is 2. The maximum atomic E-state index is 13.0. The average Bonchev–Trinajstić information content (AvgIpc) is 3.36. The number of rotatable bonds is 5. The number of piperidine rings is 1. The van der Waals surface area contributed by atoms with Crippen LogP contribution in [0.15, 0.2) is 29.0 Å². The predicted octanol–water partition coefficient (Wildman–Crippen LogP) is 4.73. The SMILES string of the molecule is O=C(CCC1CCCCC1)N1C2CCC1CC(c1nc(-c3ccncc3)no1)C2. The van der Waals surface area contributed by atoms with Crippen LogP contribution in [0, 0.1) is 5.92 Å². The molecule has 0 spiro atoms. The molecule has 154 valence electrons. The molecule has 0 radical (unpaired) electrons. The quantitative estimate of drug-likeness (QED) is 0.733. The number of carbonyl (C=O) groups is 1. The van der Waals surface area contributed by atoms with Crippen LogP contribution in [0.3, 0.4) is 0 Å². The number of carbonyl (C=O) groups excluding carboxylic acids is 1. The molecule has 3 fully saturated rings. The molecule has 6 nitrogen and oxygen atoms in total. The lowest BCUT2D eigenvalue weighted by Gasteiger charge is -2.38. The van der Waals surface area contributed by atoms with Crippen LogP contribution in [-0.2, 0) is 4.79 Å². The van der Waals surface area contributed by atoms with E-state index in [1.54, 1.807) is 12.4 Å². The molecular weight excluding hydrogens is 364 g/mol. The molecule has 2 saturated heterocycles. The molecule has 0 aromatic carbocycles. The van der Waals surface area contributed by atoms with Crippen molar-refractivity contribution >= 4 is 5.91 Å². The van der Waals surface area contributed by atoms with Gasteiger partial charge in [0.2, 0.25) is 17.6 Å². The largest absolute Gasteiger partial charge is 0.339 e. The molecule has 2 bridgehead atoms. The first kappa shape index (κ1) is 18.8. The van der Waals surface area contributed by atoms with Crippen LogP contribution in [-0.4, -0.2) is 38.0 Å². The lowest BCUT2D eigenvalue weighted by molar-refractivity contribution is -0.136. The third-order valence-corrected chi connectivity index (χ3v) is 7.24. The van der Waals surface area contributed by atoms with E-state index in [4.69, 9.17) is 4.52 Å². The third kappa shape index (κ3) is 3.94. The summed E-state index contributed by atoms with van der Waals surface area (Å²) in [7, 11) is 0. The summed E-state index contributed by atoms with van der Waals surface area (Å²) in [5.74, 6) is 2.76. The second kappa shape index (κ2) is 8.25. The molecule has 2 aromatic rings. The van der Waals surface area contributed by atoms with E-state index in [9.17, 15) is 4.79 Å². The maximum absolute atomic E-state index is 13.0. The van der Waals surface area contributed by atoms with Crippen molar-refractivity contribution in [2.24, 2.45) is 5.92 Å². The summed E-state index contributed by atoms with van der Waals surface area (Å²) < 4.78 is 5.62. The molecule has 1 saturated carbocycles. The van der Waals surface area contributed by atoms with E-state index in [-0.39, 0.29) is 5.92 Å². The van der Waals surface area contributed by atoms with Gasteiger partial charge in [-0.25, -0.2) is 0 Å². The van der Waals surface area contributed by atoms with E-state index in [0.717, 1.165) is 55.9 Å². The zero-order valence-corrected chi connectivity index (χ0v) is 17.0. The monoisotopic (exact) mass is 394 g/mol. The van der Waals surface area contributed by atoms with Gasteiger partial charge in [0.05, 0.1) is 0 Å². The topological polar surface area (TPSA) is 72.1 Å². The fourth-order valence-corrected chi connectivity index (χ4v) is 5.74. The Hall–Kier alpha value is -2.24. The molecule has 5 rings (SSSR count).